The van der Waals surface area contributed by atoms with Crippen LogP contribution in [0.2, 0.25) is 0 Å². The van der Waals surface area contributed by atoms with E-state index in [1.54, 1.807) is 7.11 Å². The number of pyridine rings is 1. The molecule has 0 atom stereocenters. The van der Waals surface area contributed by atoms with Gasteiger partial charge in [-0.05, 0) is 43.7 Å². The fraction of sp³-hybridized carbons (Fsp3) is 0.353. The van der Waals surface area contributed by atoms with Crippen LogP contribution in [0.4, 0.5) is 0 Å². The average Bonchev–Trinajstić information content (AvgIpc) is 2.48. The van der Waals surface area contributed by atoms with Gasteiger partial charge in [0.15, 0.2) is 0 Å². The second-order valence-electron chi connectivity index (χ2n) is 4.89. The van der Waals surface area contributed by atoms with Gasteiger partial charge in [-0.3, -0.25) is 4.98 Å². The molecule has 1 aromatic carbocycles. The van der Waals surface area contributed by atoms with Crippen molar-refractivity contribution in [2.45, 2.75) is 26.8 Å². The molecule has 0 amide bonds. The molecule has 0 saturated heterocycles. The lowest BCUT2D eigenvalue weighted by atomic mass is 10.0. The number of aryl methyl sites for hydroxylation is 1. The van der Waals surface area contributed by atoms with Crippen molar-refractivity contribution in [3.63, 3.8) is 0 Å². The Kier molecular flexibility index (Phi) is 5.13. The van der Waals surface area contributed by atoms with Crippen LogP contribution in [0.1, 0.15) is 24.6 Å². The summed E-state index contributed by atoms with van der Waals surface area (Å²) in [4.78, 5) is 4.36. The van der Waals surface area contributed by atoms with Gasteiger partial charge in [-0.25, -0.2) is 0 Å². The lowest BCUT2D eigenvalue weighted by Crippen LogP contribution is -2.14. The first-order valence-corrected chi connectivity index (χ1v) is 7.05. The number of hydrogen-bond donors (Lipinski definition) is 1. The normalized spacial score (nSPS) is 10.6. The molecule has 20 heavy (non-hydrogen) atoms. The highest BCUT2D eigenvalue weighted by Crippen LogP contribution is 2.26. The van der Waals surface area contributed by atoms with Crippen molar-refractivity contribution >= 4 is 0 Å². The summed E-state index contributed by atoms with van der Waals surface area (Å²) < 4.78 is 5.43. The van der Waals surface area contributed by atoms with Crippen LogP contribution >= 0.6 is 0 Å². The quantitative estimate of drug-likeness (QED) is 0.815. The number of nitrogens with one attached hydrogen (secondary N) is 1. The first-order chi connectivity index (χ1) is 9.74. The highest BCUT2D eigenvalue weighted by Gasteiger charge is 2.06. The number of hydrogen-bond acceptors (Lipinski definition) is 3. The highest BCUT2D eigenvalue weighted by molar-refractivity contribution is 5.65. The Balaban J connectivity index is 2.26. The van der Waals surface area contributed by atoms with Crippen molar-refractivity contribution in [1.29, 1.82) is 0 Å². The molecule has 3 nitrogen and oxygen atoms in total. The molecule has 0 spiro atoms. The third-order valence-electron chi connectivity index (χ3n) is 3.27. The number of benzene rings is 1. The van der Waals surface area contributed by atoms with Crippen LogP contribution in [0, 0.1) is 6.92 Å². The molecule has 0 saturated carbocycles. The summed E-state index contributed by atoms with van der Waals surface area (Å²) in [6.45, 7) is 6.00. The van der Waals surface area contributed by atoms with Gasteiger partial charge in [-0.2, -0.15) is 0 Å². The summed E-state index contributed by atoms with van der Waals surface area (Å²) in [6.07, 6.45) is 3.05. The fourth-order valence-electron chi connectivity index (χ4n) is 2.13. The second kappa shape index (κ2) is 7.06. The third-order valence-corrected chi connectivity index (χ3v) is 3.27. The summed E-state index contributed by atoms with van der Waals surface area (Å²) in [6, 6.07) is 10.4. The lowest BCUT2D eigenvalue weighted by Gasteiger charge is -2.12. The molecule has 2 aromatic rings. The molecule has 0 unspecified atom stereocenters. The minimum atomic E-state index is 0.824. The maximum absolute atomic E-state index is 5.43. The Labute approximate surface area is 121 Å². The van der Waals surface area contributed by atoms with Gasteiger partial charge in [0.05, 0.1) is 7.11 Å². The number of aromatic nitrogens is 1. The molecular formula is C17H22N2O. The van der Waals surface area contributed by atoms with Crippen molar-refractivity contribution < 1.29 is 4.74 Å². The van der Waals surface area contributed by atoms with Crippen LogP contribution in [-0.2, 0) is 6.54 Å². The van der Waals surface area contributed by atoms with Gasteiger partial charge in [0, 0.05) is 29.6 Å². The van der Waals surface area contributed by atoms with Gasteiger partial charge < -0.3 is 10.1 Å². The van der Waals surface area contributed by atoms with Gasteiger partial charge in [0.25, 0.3) is 0 Å². The zero-order valence-corrected chi connectivity index (χ0v) is 12.4. The number of rotatable bonds is 6. The SMILES string of the molecule is CCCNCc1cc(-c2ccc(C)nc2)ccc1OC. The highest BCUT2D eigenvalue weighted by atomic mass is 16.5. The van der Waals surface area contributed by atoms with E-state index in [0.717, 1.165) is 36.5 Å². The van der Waals surface area contributed by atoms with Gasteiger partial charge in [-0.15, -0.1) is 0 Å². The van der Waals surface area contributed by atoms with Crippen LogP contribution in [0.25, 0.3) is 11.1 Å². The van der Waals surface area contributed by atoms with Crippen molar-refractivity contribution in [3.8, 4) is 16.9 Å². The van der Waals surface area contributed by atoms with Crippen molar-refractivity contribution in [3.05, 3.63) is 47.8 Å². The van der Waals surface area contributed by atoms with E-state index in [1.807, 2.05) is 25.3 Å². The van der Waals surface area contributed by atoms with E-state index in [2.05, 4.69) is 35.4 Å². The predicted molar refractivity (Wildman–Crippen MR) is 83.0 cm³/mol. The van der Waals surface area contributed by atoms with E-state index in [0.29, 0.717) is 0 Å². The smallest absolute Gasteiger partial charge is 0.123 e. The molecule has 0 aliphatic carbocycles. The largest absolute Gasteiger partial charge is 0.496 e. The molecule has 3 heteroatoms. The summed E-state index contributed by atoms with van der Waals surface area (Å²) >= 11 is 0. The minimum Gasteiger partial charge on any atom is -0.496 e. The van der Waals surface area contributed by atoms with Crippen molar-refractivity contribution in [2.24, 2.45) is 0 Å². The average molecular weight is 270 g/mol. The summed E-state index contributed by atoms with van der Waals surface area (Å²) in [5.74, 6) is 0.928. The van der Waals surface area contributed by atoms with E-state index < -0.39 is 0 Å². The zero-order valence-electron chi connectivity index (χ0n) is 12.4. The first-order valence-electron chi connectivity index (χ1n) is 7.05. The predicted octanol–water partition coefficient (Wildman–Crippen LogP) is 3.57. The van der Waals surface area contributed by atoms with Crippen LogP contribution < -0.4 is 10.1 Å². The Bertz CT molecular complexity index is 549. The summed E-state index contributed by atoms with van der Waals surface area (Å²) in [5, 5.41) is 3.42. The molecule has 0 aliphatic rings. The topological polar surface area (TPSA) is 34.2 Å². The summed E-state index contributed by atoms with van der Waals surface area (Å²) in [7, 11) is 1.71. The van der Waals surface area contributed by atoms with E-state index in [1.165, 1.54) is 11.1 Å². The minimum absolute atomic E-state index is 0.824. The maximum Gasteiger partial charge on any atom is 0.123 e. The number of ether oxygens (including phenoxy) is 1. The molecule has 0 aliphatic heterocycles. The standard InChI is InChI=1S/C17H22N2O/c1-4-9-18-11-16-10-14(7-8-17(16)20-3)15-6-5-13(2)19-12-15/h5-8,10,12,18H,4,9,11H2,1-3H3. The van der Waals surface area contributed by atoms with E-state index in [4.69, 9.17) is 4.74 Å². The van der Waals surface area contributed by atoms with E-state index >= 15 is 0 Å². The van der Waals surface area contributed by atoms with Crippen molar-refractivity contribution in [1.82, 2.24) is 10.3 Å². The van der Waals surface area contributed by atoms with Gasteiger partial charge in [0.1, 0.15) is 5.75 Å². The molecule has 0 radical (unpaired) electrons. The molecule has 0 bridgehead atoms. The molecular weight excluding hydrogens is 248 g/mol. The molecule has 0 fully saturated rings. The molecule has 1 aromatic heterocycles. The van der Waals surface area contributed by atoms with Gasteiger partial charge in [-0.1, -0.05) is 19.1 Å². The van der Waals surface area contributed by atoms with E-state index in [9.17, 15) is 0 Å². The maximum atomic E-state index is 5.43. The second-order valence-corrected chi connectivity index (χ2v) is 4.89. The summed E-state index contributed by atoms with van der Waals surface area (Å²) in [5.41, 5.74) is 4.52. The van der Waals surface area contributed by atoms with Crippen LogP contribution in [-0.4, -0.2) is 18.6 Å². The van der Waals surface area contributed by atoms with Gasteiger partial charge >= 0.3 is 0 Å². The molecule has 1 N–H and O–H groups in total. The first kappa shape index (κ1) is 14.5. The Morgan fingerprint density at radius 2 is 1.95 bits per heavy atom. The molecule has 106 valence electrons. The molecule has 2 rings (SSSR count). The van der Waals surface area contributed by atoms with Crippen LogP contribution in [0.15, 0.2) is 36.5 Å². The van der Waals surface area contributed by atoms with Gasteiger partial charge in [0.2, 0.25) is 0 Å². The third kappa shape index (κ3) is 3.58. The Morgan fingerprint density at radius 1 is 1.15 bits per heavy atom. The Hall–Kier alpha value is -1.87. The molecule has 1 heterocycles. The van der Waals surface area contributed by atoms with Crippen molar-refractivity contribution in [2.75, 3.05) is 13.7 Å². The monoisotopic (exact) mass is 270 g/mol. The zero-order chi connectivity index (χ0) is 14.4. The lowest BCUT2D eigenvalue weighted by molar-refractivity contribution is 0.408. The van der Waals surface area contributed by atoms with Crippen LogP contribution in [0.3, 0.4) is 0 Å². The Morgan fingerprint density at radius 3 is 2.60 bits per heavy atom. The van der Waals surface area contributed by atoms with Crippen LogP contribution in [0.5, 0.6) is 5.75 Å². The fourth-order valence-corrected chi connectivity index (χ4v) is 2.13. The number of nitrogens with zero attached hydrogens (tertiary/aromatic N) is 1. The van der Waals surface area contributed by atoms with E-state index in [-0.39, 0.29) is 0 Å². The number of methoxy groups -OCH3 is 1.